The van der Waals surface area contributed by atoms with Gasteiger partial charge in [-0.1, -0.05) is 355 Å². The Morgan fingerprint density at radius 2 is 0.633 bits per heavy atom. The van der Waals surface area contributed by atoms with Crippen LogP contribution in [0.25, 0.3) is 0 Å². The van der Waals surface area contributed by atoms with Gasteiger partial charge in [0.2, 0.25) is 0 Å². The zero-order chi connectivity index (χ0) is 65.5. The van der Waals surface area contributed by atoms with Crippen LogP contribution in [0.1, 0.15) is 348 Å². The third-order valence-corrected chi connectivity index (χ3v) is 17.6. The Morgan fingerprint density at radius 3 is 0.944 bits per heavy atom. The van der Waals surface area contributed by atoms with E-state index in [0.29, 0.717) is 23.9 Å². The SMILES string of the molecule is CC/C=C\C/C=C\C/C=C\C/C=C\C/C=C\C/C=C\C/C=C\C/C=C\CCCCCCCCCCCCCCC(=O)OC(COC(=O)CCCCCCCCCCCCCCCCCCCCCCCCCCCCCCC)COP(=O)(O)OCC[N+](C)(C)C. The molecule has 1 N–H and O–H groups in total. The maximum atomic E-state index is 12.9. The number of allylic oxidation sites excluding steroid dienone is 16. The third-order valence-electron chi connectivity index (χ3n) is 16.6. The highest BCUT2D eigenvalue weighted by Gasteiger charge is 2.27. The number of quaternary nitrogens is 1. The molecule has 0 radical (unpaired) electrons. The first-order valence-corrected chi connectivity index (χ1v) is 39.5. The molecule has 0 bridgehead atoms. The fraction of sp³-hybridized carbons (Fsp3) is 0.775. The van der Waals surface area contributed by atoms with E-state index in [2.05, 4.69) is 111 Å². The summed E-state index contributed by atoms with van der Waals surface area (Å²) in [4.78, 5) is 35.9. The van der Waals surface area contributed by atoms with Crippen molar-refractivity contribution in [1.82, 2.24) is 0 Å². The summed E-state index contributed by atoms with van der Waals surface area (Å²) >= 11 is 0. The van der Waals surface area contributed by atoms with Gasteiger partial charge in [0, 0.05) is 12.8 Å². The van der Waals surface area contributed by atoms with Gasteiger partial charge in [0.25, 0.3) is 0 Å². The lowest BCUT2D eigenvalue weighted by atomic mass is 10.0. The van der Waals surface area contributed by atoms with Crippen molar-refractivity contribution in [2.24, 2.45) is 0 Å². The van der Waals surface area contributed by atoms with Crippen molar-refractivity contribution in [3.8, 4) is 0 Å². The van der Waals surface area contributed by atoms with Crippen LogP contribution in [0.15, 0.2) is 97.2 Å². The number of phosphoric ester groups is 1. The van der Waals surface area contributed by atoms with Crippen LogP contribution in [0.2, 0.25) is 0 Å². The van der Waals surface area contributed by atoms with E-state index in [1.807, 2.05) is 21.1 Å². The van der Waals surface area contributed by atoms with E-state index in [1.54, 1.807) is 0 Å². The summed E-state index contributed by atoms with van der Waals surface area (Å²) in [6, 6.07) is 0. The van der Waals surface area contributed by atoms with Crippen LogP contribution < -0.4 is 0 Å². The molecule has 0 aromatic carbocycles. The molecule has 0 rings (SSSR count). The summed E-state index contributed by atoms with van der Waals surface area (Å²) in [6.07, 6.45) is 98.2. The van der Waals surface area contributed by atoms with Crippen LogP contribution in [0, 0.1) is 0 Å². The second-order valence-electron chi connectivity index (χ2n) is 26.7. The number of ether oxygens (including phenoxy) is 2. The molecule has 9 nitrogen and oxygen atoms in total. The summed E-state index contributed by atoms with van der Waals surface area (Å²) in [5.41, 5.74) is 0. The molecule has 2 atom stereocenters. The minimum atomic E-state index is -4.40. The Hall–Kier alpha value is -3.07. The zero-order valence-electron chi connectivity index (χ0n) is 59.6. The molecule has 90 heavy (non-hydrogen) atoms. The summed E-state index contributed by atoms with van der Waals surface area (Å²) in [7, 11) is 1.48. The molecule has 0 saturated carbocycles. The minimum absolute atomic E-state index is 0.0300. The lowest BCUT2D eigenvalue weighted by molar-refractivity contribution is -0.870. The first-order valence-electron chi connectivity index (χ1n) is 38.0. The fourth-order valence-corrected chi connectivity index (χ4v) is 11.6. The van der Waals surface area contributed by atoms with Crippen molar-refractivity contribution in [3.05, 3.63) is 97.2 Å². The zero-order valence-corrected chi connectivity index (χ0v) is 60.5. The highest BCUT2D eigenvalue weighted by Crippen LogP contribution is 2.43. The highest BCUT2D eigenvalue weighted by molar-refractivity contribution is 7.47. The van der Waals surface area contributed by atoms with Crippen LogP contribution in [-0.4, -0.2) is 74.9 Å². The second-order valence-corrected chi connectivity index (χ2v) is 28.1. The van der Waals surface area contributed by atoms with Gasteiger partial charge in [-0.15, -0.1) is 0 Å². The van der Waals surface area contributed by atoms with Gasteiger partial charge in [-0.25, -0.2) is 4.57 Å². The average molecular weight is 1280 g/mol. The standard InChI is InChI=1S/C80H144NO8P/c1-6-8-10-12-14-16-18-20-22-24-26-28-30-32-34-36-37-38-39-40-41-42-43-45-47-49-51-53-55-57-59-61-63-65-67-69-71-73-80(83)89-78(77-88-90(84,85)87-75-74-81(3,4)5)76-86-79(82)72-70-68-66-64-62-60-58-56-54-52-50-48-46-44-35-33-31-29-27-25-23-21-19-17-15-13-11-9-7-2/h8,10,14,16,20,22,26,28,32,34,37-38,40-41,43,45,78H,6-7,9,11-13,15,17-19,21,23-25,27,29-31,33,35-36,39,42,44,46-77H2,1-5H3/p+1/b10-8-,16-14-,22-20-,28-26-,34-32-,38-37-,41-40-,45-43-. The molecule has 0 aliphatic heterocycles. The van der Waals surface area contributed by atoms with E-state index in [1.165, 1.54) is 225 Å². The van der Waals surface area contributed by atoms with Gasteiger partial charge in [-0.3, -0.25) is 18.6 Å². The molecule has 0 heterocycles. The predicted octanol–water partition coefficient (Wildman–Crippen LogP) is 25.1. The predicted molar refractivity (Wildman–Crippen MR) is 390 cm³/mol. The van der Waals surface area contributed by atoms with Crippen molar-refractivity contribution in [3.63, 3.8) is 0 Å². The Bertz CT molecular complexity index is 1840. The van der Waals surface area contributed by atoms with E-state index in [4.69, 9.17) is 18.5 Å². The van der Waals surface area contributed by atoms with Gasteiger partial charge < -0.3 is 18.9 Å². The minimum Gasteiger partial charge on any atom is -0.462 e. The lowest BCUT2D eigenvalue weighted by Gasteiger charge is -2.24. The molecule has 0 aliphatic rings. The van der Waals surface area contributed by atoms with Crippen LogP contribution >= 0.6 is 7.82 Å². The molecule has 0 aromatic rings. The second kappa shape index (κ2) is 70.3. The van der Waals surface area contributed by atoms with Gasteiger partial charge in [0.1, 0.15) is 19.8 Å². The third kappa shape index (κ3) is 74.0. The number of carbonyl (C=O) groups excluding carboxylic acids is 2. The first-order chi connectivity index (χ1) is 44.0. The quantitative estimate of drug-likeness (QED) is 0.0211. The van der Waals surface area contributed by atoms with E-state index < -0.39 is 26.5 Å². The number of likely N-dealkylation sites (N-methyl/N-ethyl adjacent to an activating group) is 1. The molecule has 10 heteroatoms. The van der Waals surface area contributed by atoms with Gasteiger partial charge in [-0.2, -0.15) is 0 Å². The van der Waals surface area contributed by atoms with Gasteiger partial charge in [-0.05, 0) is 77.0 Å². The Labute approximate surface area is 557 Å². The Kier molecular flexibility index (Phi) is 67.9. The molecule has 0 saturated heterocycles. The number of hydrogen-bond acceptors (Lipinski definition) is 7. The smallest absolute Gasteiger partial charge is 0.462 e. The first kappa shape index (κ1) is 86.9. The van der Waals surface area contributed by atoms with Gasteiger partial charge in [0.15, 0.2) is 6.10 Å². The number of phosphoric acid groups is 1. The summed E-state index contributed by atoms with van der Waals surface area (Å²) in [5.74, 6) is -0.787. The summed E-state index contributed by atoms with van der Waals surface area (Å²) in [6.45, 7) is 4.37. The van der Waals surface area contributed by atoms with Crippen molar-refractivity contribution < 1.29 is 42.1 Å². The molecule has 0 aromatic heterocycles. The Balaban J connectivity index is 4.01. The summed E-state index contributed by atoms with van der Waals surface area (Å²) in [5, 5.41) is 0. The number of rotatable bonds is 70. The molecular weight excluding hydrogens is 1130 g/mol. The Morgan fingerprint density at radius 1 is 0.356 bits per heavy atom. The number of unbranched alkanes of at least 4 members (excludes halogenated alkanes) is 40. The lowest BCUT2D eigenvalue weighted by Crippen LogP contribution is -2.37. The van der Waals surface area contributed by atoms with E-state index in [0.717, 1.165) is 89.9 Å². The fourth-order valence-electron chi connectivity index (χ4n) is 10.9. The topological polar surface area (TPSA) is 108 Å². The number of nitrogens with zero attached hydrogens (tertiary/aromatic N) is 1. The van der Waals surface area contributed by atoms with Gasteiger partial charge in [0.05, 0.1) is 27.7 Å². The number of carbonyl (C=O) groups is 2. The molecule has 0 amide bonds. The van der Waals surface area contributed by atoms with E-state index in [-0.39, 0.29) is 25.6 Å². The summed E-state index contributed by atoms with van der Waals surface area (Å²) < 4.78 is 34.8. The van der Waals surface area contributed by atoms with Crippen LogP contribution in [0.3, 0.4) is 0 Å². The highest BCUT2D eigenvalue weighted by atomic mass is 31.2. The maximum Gasteiger partial charge on any atom is 0.472 e. The molecule has 0 fully saturated rings. The van der Waals surface area contributed by atoms with Crippen molar-refractivity contribution in [2.75, 3.05) is 47.5 Å². The van der Waals surface area contributed by atoms with Crippen molar-refractivity contribution in [1.29, 1.82) is 0 Å². The maximum absolute atomic E-state index is 12.9. The molecule has 522 valence electrons. The van der Waals surface area contributed by atoms with Crippen molar-refractivity contribution in [2.45, 2.75) is 354 Å². The number of hydrogen-bond donors (Lipinski definition) is 1. The van der Waals surface area contributed by atoms with E-state index in [9.17, 15) is 19.0 Å². The largest absolute Gasteiger partial charge is 0.472 e. The molecule has 2 unspecified atom stereocenters. The van der Waals surface area contributed by atoms with Crippen LogP contribution in [0.5, 0.6) is 0 Å². The van der Waals surface area contributed by atoms with E-state index >= 15 is 0 Å². The van der Waals surface area contributed by atoms with Crippen LogP contribution in [-0.2, 0) is 32.7 Å². The number of esters is 2. The molecular formula is C80H145NO8P+. The van der Waals surface area contributed by atoms with Crippen molar-refractivity contribution >= 4 is 19.8 Å². The normalized spacial score (nSPS) is 13.6. The molecule has 0 spiro atoms. The van der Waals surface area contributed by atoms with Crippen LogP contribution in [0.4, 0.5) is 0 Å². The monoisotopic (exact) mass is 1280 g/mol. The van der Waals surface area contributed by atoms with Gasteiger partial charge >= 0.3 is 19.8 Å². The average Bonchev–Trinajstić information content (AvgIpc) is 3.58. The molecule has 0 aliphatic carbocycles.